The number of nitrogens with zero attached hydrogens (tertiary/aromatic N) is 2. The summed E-state index contributed by atoms with van der Waals surface area (Å²) >= 11 is 0. The van der Waals surface area contributed by atoms with E-state index in [1.54, 1.807) is 19.2 Å². The van der Waals surface area contributed by atoms with Crippen molar-refractivity contribution in [2.24, 2.45) is 4.99 Å². The Balaban J connectivity index is 1.82. The number of benzene rings is 2. The maximum Gasteiger partial charge on any atom is 0.229 e. The monoisotopic (exact) mass is 417 g/mol. The van der Waals surface area contributed by atoms with Crippen molar-refractivity contribution >= 4 is 27.4 Å². The molecular formula is C21H31N5O2S. The second-order valence-electron chi connectivity index (χ2n) is 6.65. The number of anilines is 2. The van der Waals surface area contributed by atoms with Crippen LogP contribution >= 0.6 is 0 Å². The molecule has 0 bridgehead atoms. The molecule has 158 valence electrons. The van der Waals surface area contributed by atoms with Crippen molar-refractivity contribution in [3.05, 3.63) is 60.2 Å². The van der Waals surface area contributed by atoms with Crippen LogP contribution in [0, 0.1) is 0 Å². The molecule has 2 aromatic carbocycles. The maximum atomic E-state index is 11.5. The van der Waals surface area contributed by atoms with Gasteiger partial charge in [-0.2, -0.15) is 0 Å². The van der Waals surface area contributed by atoms with Crippen LogP contribution in [0.15, 0.2) is 59.6 Å². The maximum absolute atomic E-state index is 11.5. The number of rotatable bonds is 10. The number of hydrogen-bond acceptors (Lipinski definition) is 4. The lowest BCUT2D eigenvalue weighted by atomic mass is 10.2. The van der Waals surface area contributed by atoms with Crippen molar-refractivity contribution in [3.63, 3.8) is 0 Å². The molecule has 0 amide bonds. The van der Waals surface area contributed by atoms with E-state index in [4.69, 9.17) is 0 Å². The summed E-state index contributed by atoms with van der Waals surface area (Å²) in [5.74, 6) is 0.682. The first-order chi connectivity index (χ1) is 13.9. The quantitative estimate of drug-likeness (QED) is 0.314. The molecule has 0 aromatic heterocycles. The van der Waals surface area contributed by atoms with Gasteiger partial charge >= 0.3 is 0 Å². The highest BCUT2D eigenvalue weighted by molar-refractivity contribution is 7.92. The van der Waals surface area contributed by atoms with Crippen LogP contribution in [0.3, 0.4) is 0 Å². The fourth-order valence-corrected chi connectivity index (χ4v) is 3.56. The molecule has 3 N–H and O–H groups in total. The van der Waals surface area contributed by atoms with Gasteiger partial charge in [0.2, 0.25) is 10.0 Å². The molecule has 2 rings (SSSR count). The van der Waals surface area contributed by atoms with Gasteiger partial charge < -0.3 is 15.5 Å². The summed E-state index contributed by atoms with van der Waals surface area (Å²) in [6, 6.07) is 17.7. The highest BCUT2D eigenvalue weighted by Crippen LogP contribution is 2.16. The van der Waals surface area contributed by atoms with E-state index in [9.17, 15) is 8.42 Å². The molecule has 0 aliphatic heterocycles. The van der Waals surface area contributed by atoms with Crippen LogP contribution in [-0.4, -0.2) is 47.3 Å². The predicted octanol–water partition coefficient (Wildman–Crippen LogP) is 2.64. The molecule has 0 aliphatic rings. The lowest BCUT2D eigenvalue weighted by molar-refractivity contribution is 0.606. The minimum absolute atomic E-state index is 0.462. The molecule has 0 aliphatic carbocycles. The molecule has 0 spiro atoms. The van der Waals surface area contributed by atoms with E-state index in [1.807, 2.05) is 18.2 Å². The Morgan fingerprint density at radius 1 is 1.03 bits per heavy atom. The van der Waals surface area contributed by atoms with Crippen molar-refractivity contribution in [2.75, 3.05) is 42.6 Å². The van der Waals surface area contributed by atoms with Crippen LogP contribution < -0.4 is 20.3 Å². The summed E-state index contributed by atoms with van der Waals surface area (Å²) in [6.45, 7) is 5.31. The van der Waals surface area contributed by atoms with E-state index in [1.165, 1.54) is 5.69 Å². The molecule has 0 saturated carbocycles. The number of hydrogen-bond donors (Lipinski definition) is 3. The van der Waals surface area contributed by atoms with E-state index < -0.39 is 10.0 Å². The molecule has 0 radical (unpaired) electrons. The molecular weight excluding hydrogens is 386 g/mol. The van der Waals surface area contributed by atoms with Crippen LogP contribution in [0.2, 0.25) is 0 Å². The molecule has 0 unspecified atom stereocenters. The fraction of sp³-hybridized carbons (Fsp3) is 0.381. The molecule has 8 heteroatoms. The zero-order valence-electron chi connectivity index (χ0n) is 17.4. The second kappa shape index (κ2) is 11.3. The largest absolute Gasteiger partial charge is 0.372 e. The lowest BCUT2D eigenvalue weighted by Crippen LogP contribution is -2.38. The van der Waals surface area contributed by atoms with Crippen molar-refractivity contribution in [3.8, 4) is 0 Å². The van der Waals surface area contributed by atoms with Gasteiger partial charge in [-0.15, -0.1) is 0 Å². The Labute approximate surface area is 174 Å². The summed E-state index contributed by atoms with van der Waals surface area (Å²) in [5.41, 5.74) is 2.65. The Morgan fingerprint density at radius 2 is 1.72 bits per heavy atom. The van der Waals surface area contributed by atoms with E-state index >= 15 is 0 Å². The number of nitrogens with one attached hydrogen (secondary N) is 3. The predicted molar refractivity (Wildman–Crippen MR) is 122 cm³/mol. The van der Waals surface area contributed by atoms with Gasteiger partial charge in [0.1, 0.15) is 0 Å². The number of aliphatic imine (C=N–C) groups is 1. The van der Waals surface area contributed by atoms with Crippen molar-refractivity contribution in [1.29, 1.82) is 0 Å². The van der Waals surface area contributed by atoms with Crippen LogP contribution in [0.25, 0.3) is 0 Å². The molecule has 0 atom stereocenters. The van der Waals surface area contributed by atoms with Crippen molar-refractivity contribution < 1.29 is 8.42 Å². The third-order valence-corrected chi connectivity index (χ3v) is 4.97. The Bertz CT molecular complexity index is 885. The van der Waals surface area contributed by atoms with Gasteiger partial charge in [-0.1, -0.05) is 36.4 Å². The zero-order valence-corrected chi connectivity index (χ0v) is 18.2. The Hall–Kier alpha value is -2.74. The fourth-order valence-electron chi connectivity index (χ4n) is 2.96. The SMILES string of the molecule is CCN(CCCNC(=NC)NCc1ccccc1NS(C)(=O)=O)c1ccccc1. The zero-order chi connectivity index (χ0) is 21.1. The summed E-state index contributed by atoms with van der Waals surface area (Å²) in [5, 5.41) is 6.55. The molecule has 2 aromatic rings. The average molecular weight is 418 g/mol. The van der Waals surface area contributed by atoms with Crippen LogP contribution in [0.5, 0.6) is 0 Å². The van der Waals surface area contributed by atoms with Crippen molar-refractivity contribution in [1.82, 2.24) is 10.6 Å². The van der Waals surface area contributed by atoms with Crippen molar-refractivity contribution in [2.45, 2.75) is 19.9 Å². The molecule has 0 saturated heterocycles. The smallest absolute Gasteiger partial charge is 0.229 e. The second-order valence-corrected chi connectivity index (χ2v) is 8.40. The number of para-hydroxylation sites is 2. The highest BCUT2D eigenvalue weighted by atomic mass is 32.2. The summed E-state index contributed by atoms with van der Waals surface area (Å²) < 4.78 is 25.6. The molecule has 7 nitrogen and oxygen atoms in total. The lowest BCUT2D eigenvalue weighted by Gasteiger charge is -2.23. The van der Waals surface area contributed by atoms with Gasteiger partial charge in [0, 0.05) is 38.9 Å². The first-order valence-electron chi connectivity index (χ1n) is 9.73. The first-order valence-corrected chi connectivity index (χ1v) is 11.6. The third kappa shape index (κ3) is 8.03. The molecule has 29 heavy (non-hydrogen) atoms. The third-order valence-electron chi connectivity index (χ3n) is 4.38. The minimum Gasteiger partial charge on any atom is -0.372 e. The number of guanidine groups is 1. The minimum atomic E-state index is -3.32. The number of sulfonamides is 1. The van der Waals surface area contributed by atoms with Gasteiger partial charge in [-0.05, 0) is 37.1 Å². The average Bonchev–Trinajstić information content (AvgIpc) is 2.71. The van der Waals surface area contributed by atoms with E-state index in [2.05, 4.69) is 56.4 Å². The van der Waals surface area contributed by atoms with E-state index in [0.717, 1.165) is 37.9 Å². The summed E-state index contributed by atoms with van der Waals surface area (Å²) in [4.78, 5) is 6.58. The van der Waals surface area contributed by atoms with E-state index in [0.29, 0.717) is 18.2 Å². The van der Waals surface area contributed by atoms with Gasteiger partial charge in [-0.25, -0.2) is 8.42 Å². The molecule has 0 heterocycles. The molecule has 0 fully saturated rings. The first kappa shape index (κ1) is 22.5. The standard InChI is InChI=1S/C21H31N5O2S/c1-4-26(19-12-6-5-7-13-19)16-10-15-23-21(22-2)24-17-18-11-8-9-14-20(18)25-29(3,27)28/h5-9,11-14,25H,4,10,15-17H2,1-3H3,(H2,22,23,24). The van der Waals surface area contributed by atoms with Gasteiger partial charge in [-0.3, -0.25) is 9.71 Å². The van der Waals surface area contributed by atoms with Gasteiger partial charge in [0.05, 0.1) is 11.9 Å². The topological polar surface area (TPSA) is 85.8 Å². The highest BCUT2D eigenvalue weighted by Gasteiger charge is 2.08. The van der Waals surface area contributed by atoms with Gasteiger partial charge in [0.25, 0.3) is 0 Å². The van der Waals surface area contributed by atoms with Gasteiger partial charge in [0.15, 0.2) is 5.96 Å². The Kier molecular flexibility index (Phi) is 8.79. The van der Waals surface area contributed by atoms with Crippen LogP contribution in [0.1, 0.15) is 18.9 Å². The van der Waals surface area contributed by atoms with Crippen LogP contribution in [-0.2, 0) is 16.6 Å². The normalized spacial score (nSPS) is 11.8. The van der Waals surface area contributed by atoms with Crippen LogP contribution in [0.4, 0.5) is 11.4 Å². The summed E-state index contributed by atoms with van der Waals surface area (Å²) in [7, 11) is -1.60. The van der Waals surface area contributed by atoms with E-state index in [-0.39, 0.29) is 0 Å². The Morgan fingerprint density at radius 3 is 2.38 bits per heavy atom. The summed E-state index contributed by atoms with van der Waals surface area (Å²) in [6.07, 6.45) is 2.11.